The first-order chi connectivity index (χ1) is 9.06. The molecular formula is C11H9N3O5. The van der Waals surface area contributed by atoms with Gasteiger partial charge in [-0.2, -0.15) is 0 Å². The maximum absolute atomic E-state index is 10.8. The molecule has 0 atom stereocenters. The van der Waals surface area contributed by atoms with Crippen LogP contribution in [0, 0.1) is 10.1 Å². The summed E-state index contributed by atoms with van der Waals surface area (Å²) in [6, 6.07) is 2.53. The van der Waals surface area contributed by atoms with E-state index in [1.165, 1.54) is 19.4 Å². The van der Waals surface area contributed by atoms with E-state index in [0.29, 0.717) is 11.8 Å². The van der Waals surface area contributed by atoms with Crippen molar-refractivity contribution in [2.75, 3.05) is 7.11 Å². The lowest BCUT2D eigenvalue weighted by Gasteiger charge is -2.06. The molecule has 98 valence electrons. The van der Waals surface area contributed by atoms with Gasteiger partial charge in [0, 0.05) is 11.6 Å². The van der Waals surface area contributed by atoms with Gasteiger partial charge in [-0.15, -0.1) is 0 Å². The van der Waals surface area contributed by atoms with E-state index in [-0.39, 0.29) is 17.3 Å². The zero-order valence-corrected chi connectivity index (χ0v) is 9.78. The molecule has 0 spiro atoms. The zero-order valence-electron chi connectivity index (χ0n) is 9.78. The molecule has 2 aromatic rings. The van der Waals surface area contributed by atoms with Crippen molar-refractivity contribution in [2.45, 2.75) is 0 Å². The van der Waals surface area contributed by atoms with Crippen LogP contribution in [0.4, 0.5) is 5.69 Å². The largest absolute Gasteiger partial charge is 0.500 e. The van der Waals surface area contributed by atoms with Gasteiger partial charge in [-0.1, -0.05) is 0 Å². The third kappa shape index (κ3) is 2.23. The zero-order chi connectivity index (χ0) is 14.0. The number of rotatable bonds is 4. The van der Waals surface area contributed by atoms with Crippen molar-refractivity contribution < 1.29 is 19.6 Å². The lowest BCUT2D eigenvalue weighted by molar-refractivity contribution is -0.385. The van der Waals surface area contributed by atoms with Gasteiger partial charge in [-0.05, 0) is 6.07 Å². The van der Waals surface area contributed by atoms with Crippen LogP contribution in [0.5, 0.6) is 11.5 Å². The van der Waals surface area contributed by atoms with Crippen LogP contribution in [0.15, 0.2) is 18.3 Å². The molecule has 0 aliphatic rings. The summed E-state index contributed by atoms with van der Waals surface area (Å²) in [5, 5.41) is 20.5. The number of nitrogens with one attached hydrogen (secondary N) is 1. The molecule has 0 radical (unpaired) electrons. The van der Waals surface area contributed by atoms with Gasteiger partial charge < -0.3 is 14.8 Å². The molecule has 1 aromatic carbocycles. The normalized spacial score (nSPS) is 10.2. The van der Waals surface area contributed by atoms with E-state index in [9.17, 15) is 20.0 Å². The molecule has 0 unspecified atom stereocenters. The molecule has 2 rings (SSSR count). The van der Waals surface area contributed by atoms with Crippen molar-refractivity contribution in [1.29, 1.82) is 0 Å². The SMILES string of the molecule is COc1cc(-c2ncc(C=O)[nH]2)cc([N+](=O)[O-])c1O. The number of hydrogen-bond acceptors (Lipinski definition) is 6. The fourth-order valence-electron chi connectivity index (χ4n) is 1.57. The van der Waals surface area contributed by atoms with Gasteiger partial charge in [0.15, 0.2) is 12.0 Å². The number of imidazole rings is 1. The van der Waals surface area contributed by atoms with Gasteiger partial charge in [0.1, 0.15) is 5.82 Å². The second-order valence-electron chi connectivity index (χ2n) is 3.61. The Balaban J connectivity index is 2.60. The molecule has 2 N–H and O–H groups in total. The van der Waals surface area contributed by atoms with Gasteiger partial charge in [-0.3, -0.25) is 14.9 Å². The van der Waals surface area contributed by atoms with Crippen LogP contribution in [0.3, 0.4) is 0 Å². The van der Waals surface area contributed by atoms with Gasteiger partial charge in [0.05, 0.1) is 23.9 Å². The Labute approximate surface area is 106 Å². The van der Waals surface area contributed by atoms with Crippen molar-refractivity contribution in [3.05, 3.63) is 34.1 Å². The van der Waals surface area contributed by atoms with Crippen molar-refractivity contribution >= 4 is 12.0 Å². The van der Waals surface area contributed by atoms with Crippen LogP contribution < -0.4 is 4.74 Å². The van der Waals surface area contributed by atoms with E-state index in [4.69, 9.17) is 4.74 Å². The second kappa shape index (κ2) is 4.77. The number of aromatic hydroxyl groups is 1. The number of benzene rings is 1. The number of aldehydes is 1. The van der Waals surface area contributed by atoms with Crippen molar-refractivity contribution in [3.63, 3.8) is 0 Å². The summed E-state index contributed by atoms with van der Waals surface area (Å²) in [5.74, 6) is -0.338. The fraction of sp³-hybridized carbons (Fsp3) is 0.0909. The molecule has 19 heavy (non-hydrogen) atoms. The molecule has 1 heterocycles. The summed E-state index contributed by atoms with van der Waals surface area (Å²) in [6.07, 6.45) is 1.87. The molecule has 0 aliphatic carbocycles. The molecular weight excluding hydrogens is 254 g/mol. The second-order valence-corrected chi connectivity index (χ2v) is 3.61. The lowest BCUT2D eigenvalue weighted by atomic mass is 10.1. The first-order valence-electron chi connectivity index (χ1n) is 5.12. The maximum Gasteiger partial charge on any atom is 0.315 e. The summed E-state index contributed by atoms with van der Waals surface area (Å²) in [7, 11) is 1.28. The third-order valence-corrected chi connectivity index (χ3v) is 2.47. The number of hydrogen-bond donors (Lipinski definition) is 2. The molecule has 0 amide bonds. The van der Waals surface area contributed by atoms with E-state index in [0.717, 1.165) is 6.07 Å². The number of methoxy groups -OCH3 is 1. The van der Waals surface area contributed by atoms with Gasteiger partial charge in [0.25, 0.3) is 0 Å². The Hall–Kier alpha value is -2.90. The molecule has 0 saturated heterocycles. The molecule has 1 aromatic heterocycles. The Morgan fingerprint density at radius 1 is 1.53 bits per heavy atom. The van der Waals surface area contributed by atoms with Crippen molar-refractivity contribution in [3.8, 4) is 22.9 Å². The van der Waals surface area contributed by atoms with Crippen LogP contribution in [-0.4, -0.2) is 33.4 Å². The molecule has 0 aliphatic heterocycles. The number of nitrogens with zero attached hydrogens (tertiary/aromatic N) is 2. The molecule has 0 saturated carbocycles. The first-order valence-corrected chi connectivity index (χ1v) is 5.12. The summed E-state index contributed by atoms with van der Waals surface area (Å²) in [5.41, 5.74) is 0.0672. The third-order valence-electron chi connectivity index (χ3n) is 2.47. The van der Waals surface area contributed by atoms with E-state index in [1.807, 2.05) is 0 Å². The number of phenolic OH excluding ortho intramolecular Hbond substituents is 1. The Morgan fingerprint density at radius 2 is 2.26 bits per heavy atom. The van der Waals surface area contributed by atoms with E-state index < -0.39 is 16.4 Å². The Bertz CT molecular complexity index is 650. The van der Waals surface area contributed by atoms with Crippen LogP contribution in [-0.2, 0) is 0 Å². The number of aromatic amines is 1. The first kappa shape index (κ1) is 12.6. The predicted molar refractivity (Wildman–Crippen MR) is 64.3 cm³/mol. The smallest absolute Gasteiger partial charge is 0.315 e. The molecule has 0 bridgehead atoms. The number of ether oxygens (including phenoxy) is 1. The summed E-state index contributed by atoms with van der Waals surface area (Å²) in [4.78, 5) is 27.3. The number of H-pyrrole nitrogens is 1. The summed E-state index contributed by atoms with van der Waals surface area (Å²) >= 11 is 0. The topological polar surface area (TPSA) is 118 Å². The summed E-state index contributed by atoms with van der Waals surface area (Å²) in [6.45, 7) is 0. The quantitative estimate of drug-likeness (QED) is 0.490. The Kier molecular flexibility index (Phi) is 3.15. The van der Waals surface area contributed by atoms with Crippen LogP contribution >= 0.6 is 0 Å². The van der Waals surface area contributed by atoms with E-state index >= 15 is 0 Å². The van der Waals surface area contributed by atoms with Crippen molar-refractivity contribution in [1.82, 2.24) is 9.97 Å². The minimum absolute atomic E-state index is 0.0479. The molecule has 0 fully saturated rings. The average Bonchev–Trinajstić information content (AvgIpc) is 2.87. The number of aromatic nitrogens is 2. The average molecular weight is 263 g/mol. The maximum atomic E-state index is 10.8. The number of nitro benzene ring substituents is 1. The van der Waals surface area contributed by atoms with Gasteiger partial charge in [0.2, 0.25) is 5.75 Å². The number of nitro groups is 1. The van der Waals surface area contributed by atoms with Crippen LogP contribution in [0.25, 0.3) is 11.4 Å². The predicted octanol–water partition coefficient (Wildman–Crippen LogP) is 1.51. The Morgan fingerprint density at radius 3 is 2.79 bits per heavy atom. The minimum atomic E-state index is -0.731. The highest BCUT2D eigenvalue weighted by Crippen LogP contribution is 2.39. The fourth-order valence-corrected chi connectivity index (χ4v) is 1.57. The highest BCUT2D eigenvalue weighted by Gasteiger charge is 2.21. The highest BCUT2D eigenvalue weighted by atomic mass is 16.6. The monoisotopic (exact) mass is 263 g/mol. The number of carbonyl (C=O) groups is 1. The van der Waals surface area contributed by atoms with E-state index in [2.05, 4.69) is 9.97 Å². The van der Waals surface area contributed by atoms with E-state index in [1.54, 1.807) is 0 Å². The van der Waals surface area contributed by atoms with Crippen LogP contribution in [0.2, 0.25) is 0 Å². The van der Waals surface area contributed by atoms with Gasteiger partial charge in [-0.25, -0.2) is 4.98 Å². The van der Waals surface area contributed by atoms with Crippen molar-refractivity contribution in [2.24, 2.45) is 0 Å². The minimum Gasteiger partial charge on any atom is -0.500 e. The molecule has 8 heteroatoms. The number of phenols is 1. The van der Waals surface area contributed by atoms with Crippen LogP contribution in [0.1, 0.15) is 10.5 Å². The standard InChI is InChI=1S/C11H9N3O5/c1-19-9-3-6(2-8(10(9)16)14(17)18)11-12-4-7(5-15)13-11/h2-5,16H,1H3,(H,12,13). The summed E-state index contributed by atoms with van der Waals surface area (Å²) < 4.78 is 4.87. The highest BCUT2D eigenvalue weighted by molar-refractivity contribution is 5.75. The van der Waals surface area contributed by atoms with Gasteiger partial charge >= 0.3 is 5.69 Å². The molecule has 8 nitrogen and oxygen atoms in total. The lowest BCUT2D eigenvalue weighted by Crippen LogP contribution is -1.94. The number of carbonyl (C=O) groups excluding carboxylic acids is 1.